The molecular weight excluding hydrogens is 661 g/mol. The Morgan fingerprint density at radius 1 is 0.574 bits per heavy atom. The Hall–Kier alpha value is -7.18. The van der Waals surface area contributed by atoms with Crippen LogP contribution in [0.2, 0.25) is 0 Å². The summed E-state index contributed by atoms with van der Waals surface area (Å²) in [6.45, 7) is 0. The van der Waals surface area contributed by atoms with Crippen LogP contribution in [-0.2, 0) is 5.41 Å². The largest absolute Gasteiger partial charge is 0.387 e. The van der Waals surface area contributed by atoms with Gasteiger partial charge >= 0.3 is 0 Å². The molecule has 2 aliphatic carbocycles. The molecule has 0 aliphatic heterocycles. The smallest absolute Gasteiger partial charge is 0.238 e. The third-order valence-corrected chi connectivity index (χ3v) is 11.4. The number of rotatable bonds is 5. The second-order valence-corrected chi connectivity index (χ2v) is 13.9. The van der Waals surface area contributed by atoms with Crippen molar-refractivity contribution in [2.24, 2.45) is 0 Å². The first-order chi connectivity index (χ1) is 26.7. The minimum atomic E-state index is -0.676. The number of aromatic nitrogens is 4. The minimum absolute atomic E-state index is 0.534. The van der Waals surface area contributed by atoms with E-state index in [4.69, 9.17) is 20.4 Å². The monoisotopic (exact) mass is 692 g/mol. The van der Waals surface area contributed by atoms with Crippen LogP contribution < -0.4 is 5.32 Å². The average Bonchev–Trinajstić information content (AvgIpc) is 3.86. The van der Waals surface area contributed by atoms with Crippen LogP contribution in [0.5, 0.6) is 0 Å². The Morgan fingerprint density at radius 3 is 1.65 bits per heavy atom. The Labute approximate surface area is 312 Å². The summed E-state index contributed by atoms with van der Waals surface area (Å²) < 4.78 is 2.26. The van der Waals surface area contributed by atoms with Crippen LogP contribution in [0.3, 0.4) is 0 Å². The zero-order valence-electron chi connectivity index (χ0n) is 29.4. The summed E-state index contributed by atoms with van der Waals surface area (Å²) in [6, 6.07) is 55.2. The van der Waals surface area contributed by atoms with Crippen molar-refractivity contribution in [3.05, 3.63) is 186 Å². The molecule has 0 atom stereocenters. The summed E-state index contributed by atoms with van der Waals surface area (Å²) in [6.07, 6.45) is 1.53. The molecule has 0 unspecified atom stereocenters. The standard InChI is InChI=1S/C48H32N6/c1-50-43-35(28-49)40-33-22-10-14-26-38(33)48(36-24-12-8-20-31(36)32-21-9-13-25-37(32)48)42(40)44-41(43)34-23-11-15-27-39(34)54(44)47-52-45(29-16-4-2-5-17-29)51-46(53-47)30-18-6-3-7-19-30/h2-28,49-50H,1H3. The molecule has 6 heteroatoms. The van der Waals surface area contributed by atoms with E-state index in [0.717, 1.165) is 60.9 Å². The molecule has 9 aromatic rings. The Morgan fingerprint density at radius 2 is 1.07 bits per heavy atom. The Balaban J connectivity index is 1.39. The predicted molar refractivity (Wildman–Crippen MR) is 219 cm³/mol. The number of nitrogens with one attached hydrogen (secondary N) is 2. The van der Waals surface area contributed by atoms with Gasteiger partial charge in [0.05, 0.1) is 22.1 Å². The first kappa shape index (κ1) is 30.4. The molecule has 11 rings (SSSR count). The van der Waals surface area contributed by atoms with Gasteiger partial charge in [-0.15, -0.1) is 0 Å². The summed E-state index contributed by atoms with van der Waals surface area (Å²) >= 11 is 0. The van der Waals surface area contributed by atoms with Gasteiger partial charge in [0.15, 0.2) is 11.6 Å². The van der Waals surface area contributed by atoms with Crippen molar-refractivity contribution in [2.75, 3.05) is 12.4 Å². The van der Waals surface area contributed by atoms with Crippen molar-refractivity contribution < 1.29 is 0 Å². The van der Waals surface area contributed by atoms with Crippen molar-refractivity contribution in [2.45, 2.75) is 5.41 Å². The van der Waals surface area contributed by atoms with Crippen molar-refractivity contribution >= 4 is 33.7 Å². The van der Waals surface area contributed by atoms with Gasteiger partial charge in [0.1, 0.15) is 0 Å². The summed E-state index contributed by atoms with van der Waals surface area (Å²) in [5.41, 5.74) is 14.3. The number of benzene rings is 7. The molecule has 0 amide bonds. The molecular formula is C48H32N6. The fourth-order valence-corrected chi connectivity index (χ4v) is 9.35. The lowest BCUT2D eigenvalue weighted by Crippen LogP contribution is -2.27. The van der Waals surface area contributed by atoms with E-state index in [9.17, 15) is 0 Å². The van der Waals surface area contributed by atoms with E-state index in [1.807, 2.05) is 67.7 Å². The molecule has 0 bridgehead atoms. The molecule has 6 nitrogen and oxygen atoms in total. The molecule has 0 radical (unpaired) electrons. The van der Waals surface area contributed by atoms with Crippen molar-refractivity contribution in [3.63, 3.8) is 0 Å². The van der Waals surface area contributed by atoms with Gasteiger partial charge in [-0.25, -0.2) is 4.98 Å². The Bertz CT molecular complexity index is 2900. The first-order valence-corrected chi connectivity index (χ1v) is 18.2. The lowest BCUT2D eigenvalue weighted by Gasteiger charge is -2.32. The number of anilines is 1. The Kier molecular flexibility index (Phi) is 6.43. The predicted octanol–water partition coefficient (Wildman–Crippen LogP) is 10.7. The summed E-state index contributed by atoms with van der Waals surface area (Å²) in [7, 11) is 1.96. The van der Waals surface area contributed by atoms with Crippen LogP contribution in [-0.4, -0.2) is 32.8 Å². The van der Waals surface area contributed by atoms with E-state index < -0.39 is 5.41 Å². The quantitative estimate of drug-likeness (QED) is 0.176. The molecule has 1 spiro atoms. The van der Waals surface area contributed by atoms with E-state index >= 15 is 0 Å². The maximum atomic E-state index is 9.04. The number of nitrogens with zero attached hydrogens (tertiary/aromatic N) is 4. The molecule has 54 heavy (non-hydrogen) atoms. The van der Waals surface area contributed by atoms with Gasteiger partial charge in [-0.1, -0.05) is 152 Å². The van der Waals surface area contributed by atoms with Crippen LogP contribution in [0.25, 0.3) is 72.8 Å². The molecule has 2 heterocycles. The van der Waals surface area contributed by atoms with Crippen LogP contribution in [0.1, 0.15) is 27.8 Å². The normalized spacial score (nSPS) is 13.1. The maximum Gasteiger partial charge on any atom is 0.238 e. The van der Waals surface area contributed by atoms with Crippen molar-refractivity contribution in [3.8, 4) is 51.0 Å². The summed E-state index contributed by atoms with van der Waals surface area (Å²) in [5, 5.41) is 14.7. The number of hydrogen-bond acceptors (Lipinski definition) is 5. The SMILES string of the molecule is CNc1c(C=N)c2c(c3c1c1ccccc1n3-c1nc(-c3ccccc3)nc(-c3ccccc3)n1)C1(c3ccccc3-c3ccccc31)c1ccccc1-2. The topological polar surface area (TPSA) is 79.5 Å². The van der Waals surface area contributed by atoms with E-state index in [-0.39, 0.29) is 0 Å². The highest BCUT2D eigenvalue weighted by Crippen LogP contribution is 2.66. The molecule has 2 aromatic heterocycles. The molecule has 0 saturated carbocycles. The van der Waals surface area contributed by atoms with Gasteiger partial charge in [0.2, 0.25) is 5.95 Å². The van der Waals surface area contributed by atoms with Crippen molar-refractivity contribution in [1.82, 2.24) is 19.5 Å². The van der Waals surface area contributed by atoms with E-state index in [1.54, 1.807) is 0 Å². The average molecular weight is 693 g/mol. The first-order valence-electron chi connectivity index (χ1n) is 18.2. The highest BCUT2D eigenvalue weighted by molar-refractivity contribution is 6.23. The second kappa shape index (κ2) is 11.4. The van der Waals surface area contributed by atoms with Crippen molar-refractivity contribution in [1.29, 1.82) is 5.41 Å². The van der Waals surface area contributed by atoms with Crippen LogP contribution in [0.4, 0.5) is 5.69 Å². The molecule has 2 aliphatic rings. The minimum Gasteiger partial charge on any atom is -0.387 e. The second-order valence-electron chi connectivity index (χ2n) is 13.9. The van der Waals surface area contributed by atoms with Gasteiger partial charge < -0.3 is 10.7 Å². The number of hydrogen-bond donors (Lipinski definition) is 2. The number of fused-ring (bicyclic) bond motifs is 14. The lowest BCUT2D eigenvalue weighted by atomic mass is 9.70. The van der Waals surface area contributed by atoms with Gasteiger partial charge in [-0.05, 0) is 45.0 Å². The van der Waals surface area contributed by atoms with E-state index in [2.05, 4.69) is 107 Å². The fourth-order valence-electron chi connectivity index (χ4n) is 9.35. The van der Waals surface area contributed by atoms with Crippen LogP contribution >= 0.6 is 0 Å². The molecule has 254 valence electrons. The summed E-state index contributed by atoms with van der Waals surface area (Å²) in [4.78, 5) is 15.7. The number of para-hydroxylation sites is 1. The van der Waals surface area contributed by atoms with Gasteiger partial charge in [0.25, 0.3) is 0 Å². The highest BCUT2D eigenvalue weighted by Gasteiger charge is 2.54. The molecule has 0 fully saturated rings. The lowest BCUT2D eigenvalue weighted by molar-refractivity contribution is 0.795. The third-order valence-electron chi connectivity index (χ3n) is 11.4. The zero-order valence-corrected chi connectivity index (χ0v) is 29.4. The summed E-state index contributed by atoms with van der Waals surface area (Å²) in [5.74, 6) is 1.73. The van der Waals surface area contributed by atoms with Gasteiger partial charge in [0, 0.05) is 46.3 Å². The van der Waals surface area contributed by atoms with Crippen LogP contribution in [0.15, 0.2) is 158 Å². The molecule has 0 saturated heterocycles. The fraction of sp³-hybridized carbons (Fsp3) is 0.0417. The molecule has 2 N–H and O–H groups in total. The maximum absolute atomic E-state index is 9.04. The highest BCUT2D eigenvalue weighted by atomic mass is 15.2. The van der Waals surface area contributed by atoms with Gasteiger partial charge in [-0.3, -0.25) is 4.57 Å². The third kappa shape index (κ3) is 3.89. The molecule has 7 aromatic carbocycles. The van der Waals surface area contributed by atoms with Crippen LogP contribution in [0, 0.1) is 5.41 Å². The zero-order chi connectivity index (χ0) is 36.0. The van der Waals surface area contributed by atoms with E-state index in [1.165, 1.54) is 34.0 Å². The van der Waals surface area contributed by atoms with Gasteiger partial charge in [-0.2, -0.15) is 9.97 Å². The van der Waals surface area contributed by atoms with E-state index in [0.29, 0.717) is 17.6 Å².